The second-order valence-electron chi connectivity index (χ2n) is 20.3. The zero-order chi connectivity index (χ0) is 47.3. The zero-order valence-electron chi connectivity index (χ0n) is 39.7. The van der Waals surface area contributed by atoms with Crippen molar-refractivity contribution in [3.8, 4) is 0 Å². The van der Waals surface area contributed by atoms with Gasteiger partial charge in [0.25, 0.3) is 11.8 Å². The van der Waals surface area contributed by atoms with Gasteiger partial charge >= 0.3 is 0 Å². The largest absolute Gasteiger partial charge is 0.350 e. The molecule has 0 radical (unpaired) electrons. The smallest absolute Gasteiger partial charge is 0.251 e. The summed E-state index contributed by atoms with van der Waals surface area (Å²) in [4.78, 5) is 56.1. The summed E-state index contributed by atoms with van der Waals surface area (Å²) in [6.45, 7) is 14.2. The average molecular weight is 948 g/mol. The van der Waals surface area contributed by atoms with Crippen molar-refractivity contribution in [2.24, 2.45) is 47.0 Å². The Kier molecular flexibility index (Phi) is 19.6. The summed E-state index contributed by atoms with van der Waals surface area (Å²) < 4.78 is 0. The van der Waals surface area contributed by atoms with Crippen LogP contribution in [0.1, 0.15) is 113 Å². The highest BCUT2D eigenvalue weighted by atomic mass is 35.5. The zero-order valence-corrected chi connectivity index (χ0v) is 41.2. The summed E-state index contributed by atoms with van der Waals surface area (Å²) >= 11 is 12.0. The van der Waals surface area contributed by atoms with Gasteiger partial charge in [-0.15, -0.1) is 0 Å². The highest BCUT2D eigenvalue weighted by molar-refractivity contribution is 6.42. The van der Waals surface area contributed by atoms with Gasteiger partial charge in [-0.1, -0.05) is 81.2 Å². The molecule has 4 amide bonds. The molecular weight excluding hydrogens is 872 g/mol. The molecule has 8 N–H and O–H groups in total. The third-order valence-electron chi connectivity index (χ3n) is 14.2. The number of carbonyl (C=O) groups is 4. The molecule has 14 heteroatoms. The average Bonchev–Trinajstić information content (AvgIpc) is 3.52. The molecule has 0 aromatic heterocycles. The Morgan fingerprint density at radius 3 is 1.50 bits per heavy atom. The van der Waals surface area contributed by atoms with Gasteiger partial charge in [-0.25, -0.2) is 0 Å². The SMILES string of the molecule is CC1CC(C)CC(CN2CC[C@@H](CNC(=O)c3ccc(Cl)c(Cl)c3)N[C@@H](CCN)C2=O)C1.CC1CC(C)CC(CN2CC[C@@H](CNC(=O)c3ccc4ccccc4c3)N[C@@H](CCN)C2=O)C1. The van der Waals surface area contributed by atoms with E-state index in [1.807, 2.05) is 47.4 Å². The molecular formula is C52H76Cl2N8O4. The van der Waals surface area contributed by atoms with Gasteiger partial charge in [0.05, 0.1) is 22.1 Å². The van der Waals surface area contributed by atoms with Gasteiger partial charge in [0.15, 0.2) is 0 Å². The number of carbonyl (C=O) groups excluding carboxylic acids is 4. The molecule has 12 nitrogen and oxygen atoms in total. The number of nitrogens with one attached hydrogen (secondary N) is 4. The normalized spacial score (nSPS) is 28.5. The molecule has 4 unspecified atom stereocenters. The van der Waals surface area contributed by atoms with Crippen molar-refractivity contribution in [3.63, 3.8) is 0 Å². The number of nitrogens with zero attached hydrogens (tertiary/aromatic N) is 2. The van der Waals surface area contributed by atoms with Crippen LogP contribution in [0.3, 0.4) is 0 Å². The van der Waals surface area contributed by atoms with Gasteiger partial charge in [-0.2, -0.15) is 0 Å². The van der Waals surface area contributed by atoms with Gasteiger partial charge in [-0.05, 0) is 154 Å². The Balaban J connectivity index is 0.000000219. The fourth-order valence-electron chi connectivity index (χ4n) is 11.3. The standard InChI is InChI=1S/C28H40N4O2.C24H36Cl2N4O2/c1-19-13-20(2)15-21(14-19)18-32-12-10-25(31-26(9-11-29)28(32)34)17-30-27(33)24-8-7-22-5-3-4-6-23(22)16-24;1-15-9-16(2)11-17(10-15)14-30-8-6-19(29-22(5-7-27)24(30)32)13-28-23(31)18-3-4-20(25)21(26)12-18/h3-8,16,19-21,25-26,31H,9-15,17-18,29H2,1-2H3,(H,30,33);3-4,12,15-17,19,22,29H,5-11,13-14,27H2,1-2H3,(H,28,31)/t19?,20?,21?,25-,26-;15?,16?,17?,19-,22-/m00/s1. The molecule has 7 rings (SSSR count). The molecule has 2 aliphatic heterocycles. The van der Waals surface area contributed by atoms with E-state index in [4.69, 9.17) is 34.7 Å². The molecule has 4 fully saturated rings. The number of rotatable bonds is 14. The van der Waals surface area contributed by atoms with E-state index in [0.29, 0.717) is 90.4 Å². The van der Waals surface area contributed by atoms with Crippen LogP contribution in [0, 0.1) is 35.5 Å². The summed E-state index contributed by atoms with van der Waals surface area (Å²) in [6, 6.07) is 18.1. The second-order valence-corrected chi connectivity index (χ2v) is 21.1. The molecule has 3 aromatic carbocycles. The van der Waals surface area contributed by atoms with E-state index in [9.17, 15) is 19.2 Å². The lowest BCUT2D eigenvalue weighted by molar-refractivity contribution is -0.134. The Labute approximate surface area is 403 Å². The first-order valence-electron chi connectivity index (χ1n) is 24.7. The van der Waals surface area contributed by atoms with Crippen LogP contribution in [0.4, 0.5) is 0 Å². The summed E-state index contributed by atoms with van der Waals surface area (Å²) in [5, 5.41) is 15.9. The Morgan fingerprint density at radius 2 is 1.05 bits per heavy atom. The predicted octanol–water partition coefficient (Wildman–Crippen LogP) is 7.25. The maximum atomic E-state index is 13.3. The van der Waals surface area contributed by atoms with Gasteiger partial charge in [0.1, 0.15) is 0 Å². The highest BCUT2D eigenvalue weighted by Gasteiger charge is 2.35. The van der Waals surface area contributed by atoms with E-state index < -0.39 is 0 Å². The topological polar surface area (TPSA) is 175 Å². The van der Waals surface area contributed by atoms with Crippen LogP contribution in [0.25, 0.3) is 10.8 Å². The van der Waals surface area contributed by atoms with Crippen LogP contribution < -0.4 is 32.7 Å². The minimum Gasteiger partial charge on any atom is -0.350 e. The molecule has 2 saturated carbocycles. The maximum Gasteiger partial charge on any atom is 0.251 e. The quantitative estimate of drug-likeness (QED) is 0.0980. The molecule has 4 aliphatic rings. The van der Waals surface area contributed by atoms with Crippen LogP contribution in [0.2, 0.25) is 10.0 Å². The summed E-state index contributed by atoms with van der Waals surface area (Å²) in [5.74, 6) is 4.03. The predicted molar refractivity (Wildman–Crippen MR) is 268 cm³/mol. The Bertz CT molecular complexity index is 2070. The van der Waals surface area contributed by atoms with Crippen molar-refractivity contribution < 1.29 is 19.2 Å². The third kappa shape index (κ3) is 14.9. The number of hydrogen-bond donors (Lipinski definition) is 6. The first kappa shape index (κ1) is 51.6. The second kappa shape index (κ2) is 25.0. The molecule has 8 atom stereocenters. The van der Waals surface area contributed by atoms with Crippen LogP contribution in [0.15, 0.2) is 60.7 Å². The summed E-state index contributed by atoms with van der Waals surface area (Å²) in [5.41, 5.74) is 12.8. The first-order valence-corrected chi connectivity index (χ1v) is 25.4. The van der Waals surface area contributed by atoms with E-state index in [-0.39, 0.29) is 47.8 Å². The number of hydrogen-bond acceptors (Lipinski definition) is 8. The number of benzene rings is 3. The van der Waals surface area contributed by atoms with Crippen molar-refractivity contribution in [1.29, 1.82) is 0 Å². The molecule has 2 saturated heterocycles. The number of nitrogens with two attached hydrogens (primary N) is 2. The molecule has 0 spiro atoms. The van der Waals surface area contributed by atoms with Crippen LogP contribution in [-0.2, 0) is 9.59 Å². The first-order chi connectivity index (χ1) is 31.7. The van der Waals surface area contributed by atoms with Crippen LogP contribution in [0.5, 0.6) is 0 Å². The lowest BCUT2D eigenvalue weighted by Crippen LogP contribution is -2.50. The minimum atomic E-state index is -0.312. The highest BCUT2D eigenvalue weighted by Crippen LogP contribution is 2.35. The molecule has 2 aliphatic carbocycles. The van der Waals surface area contributed by atoms with Crippen molar-refractivity contribution in [2.75, 3.05) is 52.4 Å². The Hall–Kier alpha value is -3.78. The monoisotopic (exact) mass is 947 g/mol. The molecule has 66 heavy (non-hydrogen) atoms. The lowest BCUT2D eigenvalue weighted by Gasteiger charge is -2.35. The van der Waals surface area contributed by atoms with Gasteiger partial charge in [0.2, 0.25) is 11.8 Å². The molecule has 2 heterocycles. The van der Waals surface area contributed by atoms with E-state index in [1.54, 1.807) is 18.2 Å². The van der Waals surface area contributed by atoms with Gasteiger partial charge in [-0.3, -0.25) is 19.2 Å². The minimum absolute atomic E-state index is 0.00331. The van der Waals surface area contributed by atoms with Gasteiger partial charge in [0, 0.05) is 62.5 Å². The summed E-state index contributed by atoms with van der Waals surface area (Å²) in [7, 11) is 0. The molecule has 0 bridgehead atoms. The maximum absolute atomic E-state index is 13.3. The molecule has 3 aromatic rings. The molecule has 362 valence electrons. The number of amides is 4. The summed E-state index contributed by atoms with van der Waals surface area (Å²) in [6.07, 6.45) is 10.2. The Morgan fingerprint density at radius 1 is 0.606 bits per heavy atom. The van der Waals surface area contributed by atoms with E-state index in [2.05, 4.69) is 53.9 Å². The van der Waals surface area contributed by atoms with E-state index in [1.165, 1.54) is 38.5 Å². The van der Waals surface area contributed by atoms with E-state index >= 15 is 0 Å². The number of halogens is 2. The fourth-order valence-corrected chi connectivity index (χ4v) is 11.6. The van der Waals surface area contributed by atoms with Gasteiger partial charge < -0.3 is 42.5 Å². The van der Waals surface area contributed by atoms with Crippen molar-refractivity contribution >= 4 is 57.6 Å². The fraction of sp³-hybridized carbons (Fsp3) is 0.615. The van der Waals surface area contributed by atoms with Crippen molar-refractivity contribution in [1.82, 2.24) is 31.1 Å². The van der Waals surface area contributed by atoms with Crippen molar-refractivity contribution in [2.45, 2.75) is 116 Å². The lowest BCUT2D eigenvalue weighted by atomic mass is 9.76. The van der Waals surface area contributed by atoms with Crippen LogP contribution in [-0.4, -0.2) is 110 Å². The van der Waals surface area contributed by atoms with Crippen molar-refractivity contribution in [3.05, 3.63) is 81.8 Å². The van der Waals surface area contributed by atoms with Crippen LogP contribution >= 0.6 is 23.2 Å². The number of fused-ring (bicyclic) bond motifs is 1. The third-order valence-corrected chi connectivity index (χ3v) is 15.0. The van der Waals surface area contributed by atoms with E-state index in [0.717, 1.165) is 55.1 Å².